The van der Waals surface area contributed by atoms with Crippen LogP contribution in [0.2, 0.25) is 0 Å². The lowest BCUT2D eigenvalue weighted by atomic mass is 10.0. The van der Waals surface area contributed by atoms with Gasteiger partial charge in [-0.3, -0.25) is 19.3 Å². The highest BCUT2D eigenvalue weighted by Gasteiger charge is 2.32. The van der Waals surface area contributed by atoms with Gasteiger partial charge in [0, 0.05) is 18.7 Å². The summed E-state index contributed by atoms with van der Waals surface area (Å²) in [7, 11) is 0. The topological polar surface area (TPSA) is 95.9 Å². The van der Waals surface area contributed by atoms with Crippen LogP contribution in [-0.4, -0.2) is 42.1 Å². The van der Waals surface area contributed by atoms with Gasteiger partial charge in [-0.15, -0.1) is 0 Å². The molecule has 0 bridgehead atoms. The summed E-state index contributed by atoms with van der Waals surface area (Å²) in [6.45, 7) is 6.58. The Hall–Kier alpha value is -2.57. The molecule has 0 heterocycles. The highest BCUT2D eigenvalue weighted by atomic mass is 16.5. The van der Waals surface area contributed by atoms with Crippen molar-refractivity contribution < 1.29 is 24.2 Å². The van der Waals surface area contributed by atoms with E-state index in [0.29, 0.717) is 5.69 Å². The second-order valence-corrected chi connectivity index (χ2v) is 5.62. The molecule has 0 aliphatic rings. The number of carbonyl (C=O) groups is 3. The molecule has 0 fully saturated rings. The van der Waals surface area contributed by atoms with Crippen molar-refractivity contribution in [3.8, 4) is 5.75 Å². The first-order valence-electron chi connectivity index (χ1n) is 7.80. The van der Waals surface area contributed by atoms with Gasteiger partial charge >= 0.3 is 5.97 Å². The van der Waals surface area contributed by atoms with Gasteiger partial charge in [0.25, 0.3) is 0 Å². The van der Waals surface area contributed by atoms with Crippen LogP contribution in [0.15, 0.2) is 24.3 Å². The molecule has 1 rings (SSSR count). The van der Waals surface area contributed by atoms with Gasteiger partial charge < -0.3 is 15.2 Å². The number of esters is 1. The Morgan fingerprint density at radius 2 is 1.96 bits per heavy atom. The van der Waals surface area contributed by atoms with Gasteiger partial charge in [0.2, 0.25) is 11.8 Å². The van der Waals surface area contributed by atoms with Crippen molar-refractivity contribution in [2.75, 3.05) is 18.1 Å². The molecule has 1 unspecified atom stereocenters. The summed E-state index contributed by atoms with van der Waals surface area (Å²) in [6.07, 6.45) is 0. The van der Waals surface area contributed by atoms with Crippen LogP contribution in [0.4, 0.5) is 5.69 Å². The van der Waals surface area contributed by atoms with Crippen molar-refractivity contribution in [1.82, 2.24) is 5.32 Å². The molecule has 7 nitrogen and oxygen atoms in total. The molecule has 0 saturated carbocycles. The van der Waals surface area contributed by atoms with Crippen LogP contribution < -0.4 is 10.2 Å². The minimum atomic E-state index is -0.821. The number of phenols is 1. The zero-order chi connectivity index (χ0) is 18.3. The zero-order valence-electron chi connectivity index (χ0n) is 14.4. The molecule has 0 radical (unpaired) electrons. The third kappa shape index (κ3) is 5.26. The fraction of sp³-hybridized carbons (Fsp3) is 0.471. The largest absolute Gasteiger partial charge is 0.508 e. The maximum absolute atomic E-state index is 12.5. The smallest absolute Gasteiger partial charge is 0.325 e. The number of rotatable bonds is 7. The molecule has 1 atom stereocenters. The Bertz CT molecular complexity index is 600. The summed E-state index contributed by atoms with van der Waals surface area (Å²) in [5.41, 5.74) is 0.410. The van der Waals surface area contributed by atoms with Crippen LogP contribution in [-0.2, 0) is 19.1 Å². The van der Waals surface area contributed by atoms with Gasteiger partial charge in [-0.1, -0.05) is 19.9 Å². The molecular weight excluding hydrogens is 312 g/mol. The number of nitrogens with zero attached hydrogens (tertiary/aromatic N) is 1. The molecule has 2 amide bonds. The molecule has 0 aromatic heterocycles. The number of aromatic hydroxyl groups is 1. The van der Waals surface area contributed by atoms with Gasteiger partial charge in [-0.2, -0.15) is 0 Å². The molecule has 2 N–H and O–H groups in total. The maximum Gasteiger partial charge on any atom is 0.325 e. The molecule has 24 heavy (non-hydrogen) atoms. The normalized spacial score (nSPS) is 11.7. The Kier molecular flexibility index (Phi) is 7.23. The summed E-state index contributed by atoms with van der Waals surface area (Å²) >= 11 is 0. The molecule has 1 aromatic rings. The predicted octanol–water partition coefficient (Wildman–Crippen LogP) is 1.45. The highest BCUT2D eigenvalue weighted by molar-refractivity contribution is 6.00. The van der Waals surface area contributed by atoms with Crippen molar-refractivity contribution in [1.29, 1.82) is 0 Å². The van der Waals surface area contributed by atoms with Crippen LogP contribution >= 0.6 is 0 Å². The minimum Gasteiger partial charge on any atom is -0.508 e. The average Bonchev–Trinajstić information content (AvgIpc) is 2.49. The van der Waals surface area contributed by atoms with Crippen LogP contribution in [0.3, 0.4) is 0 Å². The first-order chi connectivity index (χ1) is 11.3. The number of anilines is 1. The van der Waals surface area contributed by atoms with Crippen LogP contribution in [0.1, 0.15) is 27.7 Å². The van der Waals surface area contributed by atoms with Crippen molar-refractivity contribution in [3.63, 3.8) is 0 Å². The molecule has 0 spiro atoms. The van der Waals surface area contributed by atoms with Crippen LogP contribution in [0.25, 0.3) is 0 Å². The van der Waals surface area contributed by atoms with Gasteiger partial charge in [-0.05, 0) is 25.0 Å². The molecule has 0 aliphatic heterocycles. The number of hydrogen-bond acceptors (Lipinski definition) is 5. The lowest BCUT2D eigenvalue weighted by Gasteiger charge is -2.32. The zero-order valence-corrected chi connectivity index (χ0v) is 14.4. The summed E-state index contributed by atoms with van der Waals surface area (Å²) in [4.78, 5) is 37.4. The number of benzene rings is 1. The lowest BCUT2D eigenvalue weighted by Crippen LogP contribution is -2.53. The Labute approximate surface area is 141 Å². The number of amides is 2. The molecule has 132 valence electrons. The van der Waals surface area contributed by atoms with Crippen LogP contribution in [0.5, 0.6) is 5.75 Å². The van der Waals surface area contributed by atoms with Gasteiger partial charge in [0.15, 0.2) is 0 Å². The number of carbonyl (C=O) groups excluding carboxylic acids is 3. The fourth-order valence-corrected chi connectivity index (χ4v) is 2.38. The molecule has 0 aliphatic carbocycles. The van der Waals surface area contributed by atoms with E-state index >= 15 is 0 Å². The summed E-state index contributed by atoms with van der Waals surface area (Å²) in [5, 5.41) is 12.1. The molecular formula is C17H24N2O5. The number of phenolic OH excluding ortho intramolecular Hbond substituents is 1. The van der Waals surface area contributed by atoms with E-state index in [-0.39, 0.29) is 30.7 Å². The summed E-state index contributed by atoms with van der Waals surface area (Å²) in [5.74, 6) is -1.56. The average molecular weight is 336 g/mol. The minimum absolute atomic E-state index is 0.00631. The maximum atomic E-state index is 12.5. The second-order valence-electron chi connectivity index (χ2n) is 5.62. The van der Waals surface area contributed by atoms with E-state index in [9.17, 15) is 19.5 Å². The third-order valence-electron chi connectivity index (χ3n) is 3.34. The summed E-state index contributed by atoms with van der Waals surface area (Å²) in [6, 6.07) is 5.30. The standard InChI is InChI=1S/C17H24N2O5/c1-5-24-15(22)10-18-17(23)16(11(2)3)19(12(4)20)13-7-6-8-14(21)9-13/h6-9,11,16,21H,5,10H2,1-4H3,(H,18,23). The van der Waals surface area contributed by atoms with Gasteiger partial charge in [0.05, 0.1) is 6.61 Å². The molecule has 1 aromatic carbocycles. The highest BCUT2D eigenvalue weighted by Crippen LogP contribution is 2.25. The van der Waals surface area contributed by atoms with E-state index in [2.05, 4.69) is 5.32 Å². The van der Waals surface area contributed by atoms with E-state index in [1.54, 1.807) is 32.9 Å². The van der Waals surface area contributed by atoms with E-state index in [0.717, 1.165) is 0 Å². The Morgan fingerprint density at radius 3 is 2.46 bits per heavy atom. The quantitative estimate of drug-likeness (QED) is 0.735. The van der Waals surface area contributed by atoms with Gasteiger partial charge in [0.1, 0.15) is 18.3 Å². The Morgan fingerprint density at radius 1 is 1.29 bits per heavy atom. The van der Waals surface area contributed by atoms with Gasteiger partial charge in [-0.25, -0.2) is 0 Å². The lowest BCUT2D eigenvalue weighted by molar-refractivity contribution is -0.143. The first-order valence-corrected chi connectivity index (χ1v) is 7.80. The third-order valence-corrected chi connectivity index (χ3v) is 3.34. The summed E-state index contributed by atoms with van der Waals surface area (Å²) < 4.78 is 4.77. The van der Waals surface area contributed by atoms with Crippen LogP contribution in [0, 0.1) is 5.92 Å². The number of nitrogens with one attached hydrogen (secondary N) is 1. The monoisotopic (exact) mass is 336 g/mol. The Balaban J connectivity index is 3.03. The molecule has 0 saturated heterocycles. The number of hydrogen-bond donors (Lipinski definition) is 2. The van der Waals surface area contributed by atoms with Crippen molar-refractivity contribution >= 4 is 23.5 Å². The predicted molar refractivity (Wildman–Crippen MR) is 89.5 cm³/mol. The van der Waals surface area contributed by atoms with E-state index in [1.807, 2.05) is 0 Å². The van der Waals surface area contributed by atoms with Crippen molar-refractivity contribution in [3.05, 3.63) is 24.3 Å². The SMILES string of the molecule is CCOC(=O)CNC(=O)C(C(C)C)N(C(C)=O)c1cccc(O)c1. The van der Waals surface area contributed by atoms with E-state index in [4.69, 9.17) is 4.74 Å². The van der Waals surface area contributed by atoms with Crippen molar-refractivity contribution in [2.45, 2.75) is 33.7 Å². The first kappa shape index (κ1) is 19.5. The number of ether oxygens (including phenoxy) is 1. The fourth-order valence-electron chi connectivity index (χ4n) is 2.38. The van der Waals surface area contributed by atoms with E-state index in [1.165, 1.54) is 24.0 Å². The van der Waals surface area contributed by atoms with E-state index < -0.39 is 17.9 Å². The second kappa shape index (κ2) is 8.90. The van der Waals surface area contributed by atoms with Crippen molar-refractivity contribution in [2.24, 2.45) is 5.92 Å². The molecule has 7 heteroatoms.